The van der Waals surface area contributed by atoms with E-state index in [0.29, 0.717) is 12.3 Å². The molecule has 0 aromatic carbocycles. The second kappa shape index (κ2) is 6.15. The van der Waals surface area contributed by atoms with Gasteiger partial charge in [-0.05, 0) is 31.6 Å². The molecule has 0 N–H and O–H groups in total. The monoisotopic (exact) mass is 294 g/mol. The van der Waals surface area contributed by atoms with Crippen molar-refractivity contribution in [2.24, 2.45) is 5.41 Å². The molecule has 2 aliphatic rings. The van der Waals surface area contributed by atoms with Crippen molar-refractivity contribution in [3.63, 3.8) is 0 Å². The van der Waals surface area contributed by atoms with Gasteiger partial charge in [0.15, 0.2) is 12.1 Å². The highest BCUT2D eigenvalue weighted by molar-refractivity contribution is 5.91. The lowest BCUT2D eigenvalue weighted by Gasteiger charge is -2.38. The molecule has 6 heteroatoms. The Hall–Kier alpha value is -1.40. The molecule has 3 rings (SSSR count). The number of amides is 1. The summed E-state index contributed by atoms with van der Waals surface area (Å²) in [4.78, 5) is 18.0. The topological polar surface area (TPSA) is 64.8 Å². The number of carbonyl (C=O) groups is 1. The van der Waals surface area contributed by atoms with Crippen molar-refractivity contribution in [2.45, 2.75) is 32.3 Å². The smallest absolute Gasteiger partial charge is 0.275 e. The van der Waals surface area contributed by atoms with E-state index < -0.39 is 0 Å². The minimum atomic E-state index is -0.0385. The second-order valence-corrected chi connectivity index (χ2v) is 5.96. The van der Waals surface area contributed by atoms with Gasteiger partial charge in [0.25, 0.3) is 5.91 Å². The lowest BCUT2D eigenvalue weighted by atomic mass is 9.76. The largest absolute Gasteiger partial charge is 0.451 e. The molecule has 3 heterocycles. The number of carbonyl (C=O) groups excluding carboxylic acids is 1. The van der Waals surface area contributed by atoms with E-state index in [-0.39, 0.29) is 17.4 Å². The first kappa shape index (κ1) is 14.5. The Kier molecular flexibility index (Phi) is 4.26. The Labute approximate surface area is 124 Å². The number of hydrogen-bond donors (Lipinski definition) is 0. The maximum atomic E-state index is 12.2. The van der Waals surface area contributed by atoms with Crippen LogP contribution in [0.25, 0.3) is 0 Å². The summed E-state index contributed by atoms with van der Waals surface area (Å²) in [7, 11) is 0. The summed E-state index contributed by atoms with van der Waals surface area (Å²) in [6.07, 6.45) is 5.92. The Morgan fingerprint density at radius 2 is 2.33 bits per heavy atom. The van der Waals surface area contributed by atoms with Gasteiger partial charge < -0.3 is 18.8 Å². The molecule has 2 aliphatic heterocycles. The number of likely N-dealkylation sites (tertiary alicyclic amines) is 1. The summed E-state index contributed by atoms with van der Waals surface area (Å²) in [5.41, 5.74) is 0.616. The quantitative estimate of drug-likeness (QED) is 0.846. The summed E-state index contributed by atoms with van der Waals surface area (Å²) < 4.78 is 16.2. The lowest BCUT2D eigenvalue weighted by Crippen LogP contribution is -2.43. The molecule has 21 heavy (non-hydrogen) atoms. The molecule has 0 bridgehead atoms. The summed E-state index contributed by atoms with van der Waals surface area (Å²) in [5, 5.41) is 0. The van der Waals surface area contributed by atoms with Gasteiger partial charge in [0, 0.05) is 19.7 Å². The number of piperidine rings is 1. The molecule has 2 fully saturated rings. The van der Waals surface area contributed by atoms with E-state index in [9.17, 15) is 4.79 Å². The molecule has 0 radical (unpaired) electrons. The van der Waals surface area contributed by atoms with Crippen molar-refractivity contribution in [3.05, 3.63) is 18.4 Å². The zero-order chi connectivity index (χ0) is 14.7. The molecular formula is C15H22N2O4. The van der Waals surface area contributed by atoms with Crippen LogP contribution in [0, 0.1) is 5.41 Å². The van der Waals surface area contributed by atoms with Crippen molar-refractivity contribution >= 4 is 5.91 Å². The molecular weight excluding hydrogens is 272 g/mol. The fraction of sp³-hybridized carbons (Fsp3) is 0.733. The molecule has 1 aromatic rings. The first-order valence-electron chi connectivity index (χ1n) is 7.59. The van der Waals surface area contributed by atoms with Gasteiger partial charge in [-0.15, -0.1) is 0 Å². The first-order valence-corrected chi connectivity index (χ1v) is 7.59. The van der Waals surface area contributed by atoms with Crippen LogP contribution in [-0.2, 0) is 9.47 Å². The van der Waals surface area contributed by atoms with Crippen LogP contribution in [0.2, 0.25) is 0 Å². The van der Waals surface area contributed by atoms with Crippen molar-refractivity contribution in [1.82, 2.24) is 9.88 Å². The molecule has 1 spiro atoms. The predicted octanol–water partition coefficient (Wildman–Crippen LogP) is 1.72. The van der Waals surface area contributed by atoms with Gasteiger partial charge >= 0.3 is 0 Å². The van der Waals surface area contributed by atoms with Crippen LogP contribution in [0.3, 0.4) is 0 Å². The van der Waals surface area contributed by atoms with E-state index >= 15 is 0 Å². The number of oxazole rings is 1. The maximum Gasteiger partial charge on any atom is 0.275 e. The summed E-state index contributed by atoms with van der Waals surface area (Å²) in [6, 6.07) is 0. The highest BCUT2D eigenvalue weighted by Gasteiger charge is 2.43. The van der Waals surface area contributed by atoms with E-state index in [1.165, 1.54) is 12.7 Å². The molecule has 116 valence electrons. The van der Waals surface area contributed by atoms with Crippen molar-refractivity contribution in [3.8, 4) is 0 Å². The Morgan fingerprint density at radius 1 is 1.52 bits per heavy atom. The standard InChI is InChI=1S/C15H22N2O4/c1-2-19-8-12-7-15(10-21-12)3-5-17(6-4-15)14(18)13-9-20-11-16-13/h9,11-12H,2-8,10H2,1H3/t12-/m1/s1. The third kappa shape index (κ3) is 3.11. The van der Waals surface area contributed by atoms with Crippen molar-refractivity contribution < 1.29 is 18.7 Å². The molecule has 0 saturated carbocycles. The fourth-order valence-electron chi connectivity index (χ4n) is 3.26. The highest BCUT2D eigenvalue weighted by Crippen LogP contribution is 2.42. The number of aromatic nitrogens is 1. The zero-order valence-corrected chi connectivity index (χ0v) is 12.4. The van der Waals surface area contributed by atoms with Gasteiger partial charge in [-0.2, -0.15) is 0 Å². The van der Waals surface area contributed by atoms with E-state index in [1.807, 2.05) is 11.8 Å². The predicted molar refractivity (Wildman–Crippen MR) is 74.9 cm³/mol. The third-order valence-corrected chi connectivity index (χ3v) is 4.56. The average molecular weight is 294 g/mol. The molecule has 1 atom stereocenters. The molecule has 6 nitrogen and oxygen atoms in total. The third-order valence-electron chi connectivity index (χ3n) is 4.56. The van der Waals surface area contributed by atoms with Crippen LogP contribution in [0.15, 0.2) is 17.1 Å². The van der Waals surface area contributed by atoms with Gasteiger partial charge in [0.05, 0.1) is 19.3 Å². The lowest BCUT2D eigenvalue weighted by molar-refractivity contribution is 0.0159. The molecule has 0 aliphatic carbocycles. The fourth-order valence-corrected chi connectivity index (χ4v) is 3.26. The van der Waals surface area contributed by atoms with E-state index in [1.54, 1.807) is 0 Å². The van der Waals surface area contributed by atoms with Crippen LogP contribution in [0.4, 0.5) is 0 Å². The van der Waals surface area contributed by atoms with Crippen molar-refractivity contribution in [1.29, 1.82) is 0 Å². The summed E-state index contributed by atoms with van der Waals surface area (Å²) in [5.74, 6) is -0.0385. The second-order valence-electron chi connectivity index (χ2n) is 5.96. The summed E-state index contributed by atoms with van der Waals surface area (Å²) in [6.45, 7) is 5.72. The molecule has 1 amide bonds. The Morgan fingerprint density at radius 3 is 3.00 bits per heavy atom. The van der Waals surface area contributed by atoms with Crippen LogP contribution in [0.1, 0.15) is 36.7 Å². The SMILES string of the molecule is CCOC[C@H]1CC2(CCN(C(=O)c3cocn3)CC2)CO1. The van der Waals surface area contributed by atoms with Crippen LogP contribution < -0.4 is 0 Å². The van der Waals surface area contributed by atoms with Gasteiger partial charge in [-0.1, -0.05) is 0 Å². The zero-order valence-electron chi connectivity index (χ0n) is 12.4. The van der Waals surface area contributed by atoms with Crippen molar-refractivity contribution in [2.75, 3.05) is 32.9 Å². The molecule has 1 aromatic heterocycles. The van der Waals surface area contributed by atoms with Gasteiger partial charge in [-0.25, -0.2) is 4.98 Å². The Balaban J connectivity index is 1.52. The number of nitrogens with zero attached hydrogens (tertiary/aromatic N) is 2. The minimum absolute atomic E-state index is 0.0385. The van der Waals surface area contributed by atoms with Gasteiger partial charge in [0.2, 0.25) is 0 Å². The first-order chi connectivity index (χ1) is 10.2. The van der Waals surface area contributed by atoms with E-state index in [4.69, 9.17) is 13.9 Å². The summed E-state index contributed by atoms with van der Waals surface area (Å²) >= 11 is 0. The van der Waals surface area contributed by atoms with Crippen LogP contribution in [-0.4, -0.2) is 54.8 Å². The number of rotatable bonds is 4. The normalized spacial score (nSPS) is 24.6. The molecule has 2 saturated heterocycles. The van der Waals surface area contributed by atoms with E-state index in [2.05, 4.69) is 4.98 Å². The highest BCUT2D eigenvalue weighted by atomic mass is 16.5. The number of hydrogen-bond acceptors (Lipinski definition) is 5. The van der Waals surface area contributed by atoms with Crippen LogP contribution in [0.5, 0.6) is 0 Å². The van der Waals surface area contributed by atoms with E-state index in [0.717, 1.165) is 45.6 Å². The van der Waals surface area contributed by atoms with Crippen LogP contribution >= 0.6 is 0 Å². The van der Waals surface area contributed by atoms with Gasteiger partial charge in [0.1, 0.15) is 6.26 Å². The molecule has 0 unspecified atom stereocenters. The minimum Gasteiger partial charge on any atom is -0.451 e. The number of ether oxygens (including phenoxy) is 2. The maximum absolute atomic E-state index is 12.2. The Bertz CT molecular complexity index is 466. The van der Waals surface area contributed by atoms with Gasteiger partial charge in [-0.3, -0.25) is 4.79 Å². The average Bonchev–Trinajstić information content (AvgIpc) is 3.16.